The molecule has 0 aliphatic rings. The molecular formula is C14H18N2O3. The lowest BCUT2D eigenvalue weighted by molar-refractivity contribution is -0.137. The largest absolute Gasteiger partial charge is 0.495 e. The van der Waals surface area contributed by atoms with Crippen LogP contribution in [0.1, 0.15) is 31.2 Å². The number of hydrogen-bond donors (Lipinski definition) is 2. The first-order chi connectivity index (χ1) is 9.17. The first-order valence-electron chi connectivity index (χ1n) is 6.21. The van der Waals surface area contributed by atoms with E-state index in [4.69, 9.17) is 15.1 Å². The standard InChI is InChI=1S/C14H18N2O3/c1-19-13-9-11(10-15)6-7-12(13)16-8-4-2-3-5-14(17)18/h6-7,9,16H,2-5,8H2,1H3,(H,17,18). The Labute approximate surface area is 112 Å². The summed E-state index contributed by atoms with van der Waals surface area (Å²) in [6, 6.07) is 7.29. The van der Waals surface area contributed by atoms with Crippen molar-refractivity contribution in [2.75, 3.05) is 19.0 Å². The molecule has 1 aromatic rings. The van der Waals surface area contributed by atoms with Crippen LogP contribution >= 0.6 is 0 Å². The lowest BCUT2D eigenvalue weighted by Crippen LogP contribution is -2.04. The summed E-state index contributed by atoms with van der Waals surface area (Å²) in [6.45, 7) is 0.752. The van der Waals surface area contributed by atoms with Crippen LogP contribution in [-0.2, 0) is 4.79 Å². The molecule has 0 aromatic heterocycles. The smallest absolute Gasteiger partial charge is 0.303 e. The fourth-order valence-electron chi connectivity index (χ4n) is 1.71. The second-order valence-corrected chi connectivity index (χ2v) is 4.16. The summed E-state index contributed by atoms with van der Waals surface area (Å²) in [6.07, 6.45) is 2.69. The van der Waals surface area contributed by atoms with Gasteiger partial charge in [0.05, 0.1) is 24.4 Å². The van der Waals surface area contributed by atoms with E-state index in [1.807, 2.05) is 6.07 Å². The molecular weight excluding hydrogens is 244 g/mol. The molecule has 2 N–H and O–H groups in total. The van der Waals surface area contributed by atoms with Gasteiger partial charge in [-0.1, -0.05) is 6.42 Å². The Morgan fingerprint density at radius 3 is 2.84 bits per heavy atom. The third-order valence-electron chi connectivity index (χ3n) is 2.71. The maximum atomic E-state index is 10.3. The van der Waals surface area contributed by atoms with Crippen molar-refractivity contribution in [3.05, 3.63) is 23.8 Å². The number of benzene rings is 1. The predicted octanol–water partition coefficient (Wildman–Crippen LogP) is 2.62. The van der Waals surface area contributed by atoms with Crippen molar-refractivity contribution >= 4 is 11.7 Å². The molecule has 19 heavy (non-hydrogen) atoms. The number of carboxylic acids is 1. The Balaban J connectivity index is 2.37. The summed E-state index contributed by atoms with van der Waals surface area (Å²) in [5.74, 6) is -0.105. The highest BCUT2D eigenvalue weighted by atomic mass is 16.5. The summed E-state index contributed by atoms with van der Waals surface area (Å²) in [5, 5.41) is 20.5. The number of nitrogens with zero attached hydrogens (tertiary/aromatic N) is 1. The van der Waals surface area contributed by atoms with Crippen molar-refractivity contribution in [3.8, 4) is 11.8 Å². The van der Waals surface area contributed by atoms with Crippen molar-refractivity contribution in [2.24, 2.45) is 0 Å². The number of ether oxygens (including phenoxy) is 1. The highest BCUT2D eigenvalue weighted by molar-refractivity contribution is 5.66. The predicted molar refractivity (Wildman–Crippen MR) is 72.3 cm³/mol. The summed E-state index contributed by atoms with van der Waals surface area (Å²) < 4.78 is 5.21. The van der Waals surface area contributed by atoms with E-state index in [1.54, 1.807) is 19.2 Å². The molecule has 5 heteroatoms. The Morgan fingerprint density at radius 1 is 1.42 bits per heavy atom. The van der Waals surface area contributed by atoms with Crippen LogP contribution in [0, 0.1) is 11.3 Å². The van der Waals surface area contributed by atoms with Crippen molar-refractivity contribution in [3.63, 3.8) is 0 Å². The maximum Gasteiger partial charge on any atom is 0.303 e. The van der Waals surface area contributed by atoms with Crippen LogP contribution in [-0.4, -0.2) is 24.7 Å². The van der Waals surface area contributed by atoms with Crippen molar-refractivity contribution in [1.82, 2.24) is 0 Å². The van der Waals surface area contributed by atoms with E-state index in [-0.39, 0.29) is 6.42 Å². The van der Waals surface area contributed by atoms with Gasteiger partial charge in [-0.2, -0.15) is 5.26 Å². The second kappa shape index (κ2) is 7.98. The van der Waals surface area contributed by atoms with E-state index in [0.717, 1.165) is 25.1 Å². The molecule has 0 bridgehead atoms. The Hall–Kier alpha value is -2.22. The molecule has 0 radical (unpaired) electrons. The Bertz CT molecular complexity index is 466. The number of methoxy groups -OCH3 is 1. The monoisotopic (exact) mass is 262 g/mol. The minimum absolute atomic E-state index is 0.222. The number of unbranched alkanes of at least 4 members (excludes halogenated alkanes) is 2. The maximum absolute atomic E-state index is 10.3. The average molecular weight is 262 g/mol. The fraction of sp³-hybridized carbons (Fsp3) is 0.429. The minimum Gasteiger partial charge on any atom is -0.495 e. The van der Waals surface area contributed by atoms with Gasteiger partial charge in [-0.3, -0.25) is 4.79 Å². The molecule has 0 aliphatic carbocycles. The molecule has 0 saturated carbocycles. The summed E-state index contributed by atoms with van der Waals surface area (Å²) in [7, 11) is 1.56. The molecule has 102 valence electrons. The zero-order valence-electron chi connectivity index (χ0n) is 11.0. The third kappa shape index (κ3) is 5.30. The highest BCUT2D eigenvalue weighted by Gasteiger charge is 2.03. The molecule has 0 amide bonds. The van der Waals surface area contributed by atoms with Gasteiger partial charge >= 0.3 is 5.97 Å². The van der Waals surface area contributed by atoms with Gasteiger partial charge in [-0.05, 0) is 25.0 Å². The van der Waals surface area contributed by atoms with E-state index in [9.17, 15) is 4.79 Å². The number of nitrogens with one attached hydrogen (secondary N) is 1. The Kier molecular flexibility index (Phi) is 6.23. The van der Waals surface area contributed by atoms with E-state index in [2.05, 4.69) is 11.4 Å². The molecule has 0 aliphatic heterocycles. The van der Waals surface area contributed by atoms with E-state index >= 15 is 0 Å². The summed E-state index contributed by atoms with van der Waals surface area (Å²) in [4.78, 5) is 10.3. The molecule has 0 unspecified atom stereocenters. The first-order valence-corrected chi connectivity index (χ1v) is 6.21. The average Bonchev–Trinajstić information content (AvgIpc) is 2.42. The number of carbonyl (C=O) groups is 1. The van der Waals surface area contributed by atoms with Gasteiger partial charge < -0.3 is 15.2 Å². The van der Waals surface area contributed by atoms with Crippen LogP contribution in [0.4, 0.5) is 5.69 Å². The Morgan fingerprint density at radius 2 is 2.21 bits per heavy atom. The molecule has 5 nitrogen and oxygen atoms in total. The topological polar surface area (TPSA) is 82.3 Å². The number of carboxylic acid groups (broad SMARTS) is 1. The van der Waals surface area contributed by atoms with Crippen LogP contribution in [0.5, 0.6) is 5.75 Å². The van der Waals surface area contributed by atoms with Crippen molar-refractivity contribution in [2.45, 2.75) is 25.7 Å². The molecule has 1 rings (SSSR count). The van der Waals surface area contributed by atoms with Gasteiger partial charge in [0.1, 0.15) is 5.75 Å². The van der Waals surface area contributed by atoms with Gasteiger partial charge in [-0.15, -0.1) is 0 Å². The van der Waals surface area contributed by atoms with E-state index in [1.165, 1.54) is 0 Å². The zero-order valence-corrected chi connectivity index (χ0v) is 11.0. The highest BCUT2D eigenvalue weighted by Crippen LogP contribution is 2.25. The van der Waals surface area contributed by atoms with Crippen LogP contribution in [0.3, 0.4) is 0 Å². The number of rotatable bonds is 8. The quantitative estimate of drug-likeness (QED) is 0.704. The summed E-state index contributed by atoms with van der Waals surface area (Å²) in [5.41, 5.74) is 1.41. The molecule has 0 spiro atoms. The van der Waals surface area contributed by atoms with Gasteiger partial charge in [0.2, 0.25) is 0 Å². The first kappa shape index (κ1) is 14.8. The second-order valence-electron chi connectivity index (χ2n) is 4.16. The SMILES string of the molecule is COc1cc(C#N)ccc1NCCCCCC(=O)O. The molecule has 0 heterocycles. The van der Waals surface area contributed by atoms with Gasteiger partial charge in [0.15, 0.2) is 0 Å². The zero-order chi connectivity index (χ0) is 14.1. The van der Waals surface area contributed by atoms with E-state index < -0.39 is 5.97 Å². The number of nitriles is 1. The molecule has 0 atom stereocenters. The normalized spacial score (nSPS) is 9.68. The molecule has 0 fully saturated rings. The van der Waals surface area contributed by atoms with Crippen LogP contribution in [0.2, 0.25) is 0 Å². The summed E-state index contributed by atoms with van der Waals surface area (Å²) >= 11 is 0. The van der Waals surface area contributed by atoms with Crippen LogP contribution in [0.25, 0.3) is 0 Å². The fourth-order valence-corrected chi connectivity index (χ4v) is 1.71. The molecule has 0 saturated heterocycles. The van der Waals surface area contributed by atoms with Crippen LogP contribution in [0.15, 0.2) is 18.2 Å². The molecule has 1 aromatic carbocycles. The van der Waals surface area contributed by atoms with Crippen LogP contribution < -0.4 is 10.1 Å². The lowest BCUT2D eigenvalue weighted by Gasteiger charge is -2.11. The lowest BCUT2D eigenvalue weighted by atomic mass is 10.1. The number of hydrogen-bond acceptors (Lipinski definition) is 4. The van der Waals surface area contributed by atoms with Gasteiger partial charge in [-0.25, -0.2) is 0 Å². The number of anilines is 1. The van der Waals surface area contributed by atoms with Gasteiger partial charge in [0, 0.05) is 19.0 Å². The van der Waals surface area contributed by atoms with E-state index in [0.29, 0.717) is 17.7 Å². The van der Waals surface area contributed by atoms with Gasteiger partial charge in [0.25, 0.3) is 0 Å². The minimum atomic E-state index is -0.748. The van der Waals surface area contributed by atoms with Crippen molar-refractivity contribution < 1.29 is 14.6 Å². The van der Waals surface area contributed by atoms with Crippen molar-refractivity contribution in [1.29, 1.82) is 5.26 Å². The third-order valence-corrected chi connectivity index (χ3v) is 2.71. The number of aliphatic carboxylic acids is 1.